The number of rotatable bonds is 4. The summed E-state index contributed by atoms with van der Waals surface area (Å²) in [6.45, 7) is 1.49. The summed E-state index contributed by atoms with van der Waals surface area (Å²) in [4.78, 5) is 53.3. The highest BCUT2D eigenvalue weighted by Crippen LogP contribution is 2.34. The summed E-state index contributed by atoms with van der Waals surface area (Å²) in [6.07, 6.45) is 1.32. The molecule has 8 nitrogen and oxygen atoms in total. The van der Waals surface area contributed by atoms with Crippen LogP contribution in [0.2, 0.25) is 0 Å². The van der Waals surface area contributed by atoms with Gasteiger partial charge < -0.3 is 15.1 Å². The van der Waals surface area contributed by atoms with Crippen LogP contribution < -0.4 is 15.5 Å². The van der Waals surface area contributed by atoms with Gasteiger partial charge in [0.05, 0.1) is 5.92 Å². The molecule has 0 saturated carbocycles. The Bertz CT molecular complexity index is 1160. The Morgan fingerprint density at radius 2 is 1.94 bits per heavy atom. The van der Waals surface area contributed by atoms with Gasteiger partial charge in [-0.25, -0.2) is 0 Å². The first-order valence-corrected chi connectivity index (χ1v) is 11.3. The molecule has 3 heterocycles. The van der Waals surface area contributed by atoms with E-state index < -0.39 is 11.9 Å². The Hall–Kier alpha value is -3.68. The van der Waals surface area contributed by atoms with Gasteiger partial charge in [0.2, 0.25) is 17.7 Å². The van der Waals surface area contributed by atoms with Crippen LogP contribution in [0.4, 0.5) is 5.69 Å². The lowest BCUT2D eigenvalue weighted by molar-refractivity contribution is -0.137. The normalized spacial score (nSPS) is 22.0. The summed E-state index contributed by atoms with van der Waals surface area (Å²) in [6, 6.07) is 12.9. The second kappa shape index (κ2) is 8.35. The highest BCUT2D eigenvalue weighted by Gasteiger charge is 2.39. The van der Waals surface area contributed by atoms with Gasteiger partial charge in [0, 0.05) is 44.4 Å². The molecular formula is C25H26N4O4. The second-order valence-electron chi connectivity index (χ2n) is 8.93. The summed E-state index contributed by atoms with van der Waals surface area (Å²) in [5, 5.41) is 5.35. The van der Waals surface area contributed by atoms with Gasteiger partial charge in [-0.2, -0.15) is 0 Å². The molecule has 0 bridgehead atoms. The lowest BCUT2D eigenvalue weighted by atomic mass is 9.89. The number of carbonyl (C=O) groups is 4. The first-order valence-electron chi connectivity index (χ1n) is 11.3. The average Bonchev–Trinajstić information content (AvgIpc) is 3.13. The third-order valence-electron chi connectivity index (χ3n) is 6.85. The van der Waals surface area contributed by atoms with Gasteiger partial charge in [0.15, 0.2) is 0 Å². The minimum atomic E-state index is -0.629. The SMILES string of the molecule is CN1CCC(C(=O)NCc2ccc3c(c2)C(=O)N(C2CCC(=O)NC2=O)C3)c2ccccc21. The van der Waals surface area contributed by atoms with E-state index in [4.69, 9.17) is 0 Å². The summed E-state index contributed by atoms with van der Waals surface area (Å²) < 4.78 is 0. The summed E-state index contributed by atoms with van der Waals surface area (Å²) in [7, 11) is 2.03. The van der Waals surface area contributed by atoms with E-state index >= 15 is 0 Å². The molecule has 1 fully saturated rings. The van der Waals surface area contributed by atoms with Crippen molar-refractivity contribution in [3.8, 4) is 0 Å². The number of imide groups is 1. The zero-order valence-electron chi connectivity index (χ0n) is 18.5. The molecule has 8 heteroatoms. The van der Waals surface area contributed by atoms with Crippen LogP contribution in [0.1, 0.15) is 52.2 Å². The molecule has 170 valence electrons. The van der Waals surface area contributed by atoms with E-state index in [0.717, 1.165) is 35.3 Å². The lowest BCUT2D eigenvalue weighted by Gasteiger charge is -2.32. The molecule has 2 aromatic rings. The van der Waals surface area contributed by atoms with Crippen LogP contribution >= 0.6 is 0 Å². The zero-order chi connectivity index (χ0) is 23.1. The molecule has 0 aliphatic carbocycles. The fourth-order valence-electron chi connectivity index (χ4n) is 5.03. The van der Waals surface area contributed by atoms with Crippen LogP contribution in [-0.2, 0) is 27.5 Å². The number of benzene rings is 2. The number of carbonyl (C=O) groups excluding carboxylic acids is 4. The highest BCUT2D eigenvalue weighted by atomic mass is 16.2. The van der Waals surface area contributed by atoms with Crippen molar-refractivity contribution in [3.63, 3.8) is 0 Å². The predicted molar refractivity (Wildman–Crippen MR) is 121 cm³/mol. The van der Waals surface area contributed by atoms with Crippen molar-refractivity contribution in [3.05, 3.63) is 64.7 Å². The van der Waals surface area contributed by atoms with Crippen LogP contribution in [0.25, 0.3) is 0 Å². The summed E-state index contributed by atoms with van der Waals surface area (Å²) in [5.74, 6) is -1.15. The van der Waals surface area contributed by atoms with Crippen molar-refractivity contribution >= 4 is 29.3 Å². The van der Waals surface area contributed by atoms with E-state index in [2.05, 4.69) is 15.5 Å². The van der Waals surface area contributed by atoms with Gasteiger partial charge in [-0.3, -0.25) is 24.5 Å². The van der Waals surface area contributed by atoms with Crippen molar-refractivity contribution in [1.82, 2.24) is 15.5 Å². The van der Waals surface area contributed by atoms with E-state index in [-0.39, 0.29) is 30.1 Å². The van der Waals surface area contributed by atoms with Crippen molar-refractivity contribution in [2.45, 2.75) is 44.3 Å². The van der Waals surface area contributed by atoms with Gasteiger partial charge in [-0.15, -0.1) is 0 Å². The first kappa shape index (κ1) is 21.2. The Kier molecular flexibility index (Phi) is 5.36. The quantitative estimate of drug-likeness (QED) is 0.697. The molecule has 3 aliphatic heterocycles. The standard InChI is InChI=1S/C25H26N4O4/c1-28-11-10-18(17-4-2-3-5-20(17)28)23(31)26-13-15-6-7-16-14-29(25(33)19(16)12-15)21-8-9-22(30)27-24(21)32/h2-7,12,18,21H,8-11,13-14H2,1H3,(H,26,31)(H,27,30,32). The number of amides is 4. The number of anilines is 1. The van der Waals surface area contributed by atoms with Crippen LogP contribution in [0, 0.1) is 0 Å². The predicted octanol–water partition coefficient (Wildman–Crippen LogP) is 1.69. The molecule has 4 amide bonds. The maximum atomic E-state index is 13.0. The summed E-state index contributed by atoms with van der Waals surface area (Å²) in [5.41, 5.74) is 4.36. The Morgan fingerprint density at radius 3 is 2.76 bits per heavy atom. The maximum Gasteiger partial charge on any atom is 0.255 e. The van der Waals surface area contributed by atoms with Crippen molar-refractivity contribution in [2.75, 3.05) is 18.5 Å². The van der Waals surface area contributed by atoms with Crippen molar-refractivity contribution in [1.29, 1.82) is 0 Å². The highest BCUT2D eigenvalue weighted by molar-refractivity contribution is 6.05. The number of nitrogens with zero attached hydrogens (tertiary/aromatic N) is 2. The van der Waals surface area contributed by atoms with Gasteiger partial charge in [-0.1, -0.05) is 30.3 Å². The number of hydrogen-bond donors (Lipinski definition) is 2. The van der Waals surface area contributed by atoms with Crippen molar-refractivity contribution < 1.29 is 19.2 Å². The number of hydrogen-bond acceptors (Lipinski definition) is 5. The fraction of sp³-hybridized carbons (Fsp3) is 0.360. The summed E-state index contributed by atoms with van der Waals surface area (Å²) >= 11 is 0. The molecule has 2 unspecified atom stereocenters. The molecule has 1 saturated heterocycles. The van der Waals surface area contributed by atoms with Gasteiger partial charge in [0.25, 0.3) is 5.91 Å². The topological polar surface area (TPSA) is 98.8 Å². The lowest BCUT2D eigenvalue weighted by Crippen LogP contribution is -2.52. The number of piperidine rings is 1. The Balaban J connectivity index is 1.26. The molecule has 0 spiro atoms. The molecule has 3 aliphatic rings. The third kappa shape index (κ3) is 3.86. The maximum absolute atomic E-state index is 13.0. The van der Waals surface area contributed by atoms with Crippen molar-refractivity contribution in [2.24, 2.45) is 0 Å². The molecule has 0 radical (unpaired) electrons. The van der Waals surface area contributed by atoms with Gasteiger partial charge >= 0.3 is 0 Å². The molecular weight excluding hydrogens is 420 g/mol. The van der Waals surface area contributed by atoms with Crippen LogP contribution in [-0.4, -0.2) is 48.2 Å². The van der Waals surface area contributed by atoms with Crippen LogP contribution in [0.5, 0.6) is 0 Å². The van der Waals surface area contributed by atoms with Crippen LogP contribution in [0.3, 0.4) is 0 Å². The van der Waals surface area contributed by atoms with E-state index in [9.17, 15) is 19.2 Å². The second-order valence-corrected chi connectivity index (χ2v) is 8.93. The molecule has 2 atom stereocenters. The van der Waals surface area contributed by atoms with E-state index in [1.54, 1.807) is 6.07 Å². The van der Waals surface area contributed by atoms with Gasteiger partial charge in [-0.05, 0) is 41.7 Å². The third-order valence-corrected chi connectivity index (χ3v) is 6.85. The van der Waals surface area contributed by atoms with E-state index in [0.29, 0.717) is 25.1 Å². The number of nitrogens with one attached hydrogen (secondary N) is 2. The fourth-order valence-corrected chi connectivity index (χ4v) is 5.03. The molecule has 5 rings (SSSR count). The van der Waals surface area contributed by atoms with Crippen LogP contribution in [0.15, 0.2) is 42.5 Å². The molecule has 2 N–H and O–H groups in total. The molecule has 0 aromatic heterocycles. The van der Waals surface area contributed by atoms with Gasteiger partial charge in [0.1, 0.15) is 6.04 Å². The van der Waals surface area contributed by atoms with E-state index in [1.807, 2.05) is 43.4 Å². The minimum Gasteiger partial charge on any atom is -0.374 e. The number of para-hydroxylation sites is 1. The minimum absolute atomic E-state index is 0.0208. The largest absolute Gasteiger partial charge is 0.374 e. The molecule has 2 aromatic carbocycles. The monoisotopic (exact) mass is 446 g/mol. The zero-order valence-corrected chi connectivity index (χ0v) is 18.5. The average molecular weight is 447 g/mol. The molecule has 33 heavy (non-hydrogen) atoms. The number of fused-ring (bicyclic) bond motifs is 2. The Morgan fingerprint density at radius 1 is 1.12 bits per heavy atom. The Labute approximate surface area is 191 Å². The van der Waals surface area contributed by atoms with E-state index in [1.165, 1.54) is 4.90 Å². The first-order chi connectivity index (χ1) is 15.9. The smallest absolute Gasteiger partial charge is 0.255 e.